The van der Waals surface area contributed by atoms with Crippen molar-refractivity contribution in [2.24, 2.45) is 12.2 Å². The molecular weight excluding hydrogens is 539 g/mol. The molecule has 4 N–H and O–H groups in total. The van der Waals surface area contributed by atoms with E-state index in [4.69, 9.17) is 10.6 Å². The van der Waals surface area contributed by atoms with Crippen LogP contribution in [0.15, 0.2) is 27.0 Å². The van der Waals surface area contributed by atoms with Crippen LogP contribution in [0.3, 0.4) is 0 Å². The van der Waals surface area contributed by atoms with Gasteiger partial charge in [-0.3, -0.25) is 14.5 Å². The van der Waals surface area contributed by atoms with Crippen LogP contribution in [0.25, 0.3) is 0 Å². The van der Waals surface area contributed by atoms with E-state index in [0.717, 1.165) is 11.3 Å². The van der Waals surface area contributed by atoms with E-state index >= 15 is 0 Å². The van der Waals surface area contributed by atoms with Crippen LogP contribution in [0.5, 0.6) is 0 Å². The van der Waals surface area contributed by atoms with Crippen molar-refractivity contribution in [1.29, 1.82) is 0 Å². The van der Waals surface area contributed by atoms with Gasteiger partial charge in [-0.1, -0.05) is 16.9 Å². The average Bonchev–Trinajstić information content (AvgIpc) is 3.45. The summed E-state index contributed by atoms with van der Waals surface area (Å²) >= 11 is 5.13. The van der Waals surface area contributed by atoms with Gasteiger partial charge in [-0.2, -0.15) is 0 Å². The predicted molar refractivity (Wildman–Crippen MR) is 132 cm³/mol. The van der Waals surface area contributed by atoms with Gasteiger partial charge < -0.3 is 21.0 Å². The number of hydrogen-bond acceptors (Lipinski definition) is 14. The Morgan fingerprint density at radius 2 is 2.26 bits per heavy atom. The molecule has 0 spiro atoms. The molecule has 0 aliphatic carbocycles. The first-order valence-corrected chi connectivity index (χ1v) is 14.1. The number of nitrogen functional groups attached to an aromatic ring is 1. The van der Waals surface area contributed by atoms with E-state index in [1.165, 1.54) is 44.9 Å². The zero-order valence-electron chi connectivity index (χ0n) is 18.3. The summed E-state index contributed by atoms with van der Waals surface area (Å²) in [7, 11) is 1.68. The number of carboxylic acids is 1. The number of tetrazole rings is 1. The van der Waals surface area contributed by atoms with Crippen LogP contribution in [0.1, 0.15) is 5.69 Å². The summed E-state index contributed by atoms with van der Waals surface area (Å²) in [5.74, 6) is -1.55. The summed E-state index contributed by atoms with van der Waals surface area (Å²) in [5, 5.41) is 29.3. The molecule has 1 fully saturated rings. The predicted octanol–water partition coefficient (Wildman–Crippen LogP) is -0.179. The van der Waals surface area contributed by atoms with Gasteiger partial charge in [-0.05, 0) is 22.3 Å². The lowest BCUT2D eigenvalue weighted by molar-refractivity contribution is -0.150. The zero-order valence-corrected chi connectivity index (χ0v) is 21.5. The lowest BCUT2D eigenvalue weighted by atomic mass is 10.0. The van der Waals surface area contributed by atoms with E-state index in [2.05, 4.69) is 31.0 Å². The minimum Gasteiger partial charge on any atom is -0.477 e. The summed E-state index contributed by atoms with van der Waals surface area (Å²) in [6, 6.07) is -0.930. The summed E-state index contributed by atoms with van der Waals surface area (Å²) < 4.78 is 1.47. The van der Waals surface area contributed by atoms with Crippen molar-refractivity contribution < 1.29 is 24.3 Å². The Morgan fingerprint density at radius 1 is 1.46 bits per heavy atom. The Labute approximate surface area is 215 Å². The van der Waals surface area contributed by atoms with Crippen molar-refractivity contribution in [2.75, 3.05) is 29.4 Å². The molecule has 2 aromatic rings. The third-order valence-corrected chi connectivity index (χ3v) is 8.25. The highest BCUT2D eigenvalue weighted by molar-refractivity contribution is 8.01. The van der Waals surface area contributed by atoms with Gasteiger partial charge in [-0.15, -0.1) is 40.0 Å². The maximum absolute atomic E-state index is 13.0. The van der Waals surface area contributed by atoms with E-state index in [1.54, 1.807) is 12.4 Å². The van der Waals surface area contributed by atoms with Crippen molar-refractivity contribution in [3.05, 3.63) is 22.3 Å². The SMILES string of the molecule is CSCO/N=C(/C(=O)NC1C(=O)N2C(C(=O)O)=C(CSc3nnnn3C)CSC12)c1csc(N)n1. The molecule has 18 heteroatoms. The van der Waals surface area contributed by atoms with Crippen molar-refractivity contribution in [3.63, 3.8) is 0 Å². The van der Waals surface area contributed by atoms with E-state index in [0.29, 0.717) is 22.2 Å². The summed E-state index contributed by atoms with van der Waals surface area (Å²) in [6.45, 7) is 0. The van der Waals surface area contributed by atoms with Gasteiger partial charge in [0.05, 0.1) is 0 Å². The number of aliphatic carboxylic acids is 1. The number of fused-ring (bicyclic) bond motifs is 1. The maximum Gasteiger partial charge on any atom is 0.352 e. The number of carbonyl (C=O) groups is 3. The lowest BCUT2D eigenvalue weighted by Crippen LogP contribution is -2.71. The van der Waals surface area contributed by atoms with Gasteiger partial charge in [0.2, 0.25) is 5.16 Å². The topological polar surface area (TPSA) is 191 Å². The minimum absolute atomic E-state index is 0.0867. The fourth-order valence-corrected chi connectivity index (χ4v) is 6.28. The molecule has 14 nitrogen and oxygen atoms in total. The summed E-state index contributed by atoms with van der Waals surface area (Å²) in [6.07, 6.45) is 1.81. The summed E-state index contributed by atoms with van der Waals surface area (Å²) in [4.78, 5) is 48.4. The number of carbonyl (C=O) groups excluding carboxylic acids is 2. The average molecular weight is 558 g/mol. The number of carboxylic acid groups (broad SMARTS) is 1. The first kappa shape index (κ1) is 25.3. The number of β-lactam (4-membered cyclic amide) rings is 1. The molecule has 0 saturated carbocycles. The molecule has 0 aromatic carbocycles. The first-order valence-electron chi connectivity index (χ1n) is 9.78. The molecule has 0 bridgehead atoms. The van der Waals surface area contributed by atoms with Crippen molar-refractivity contribution >= 4 is 75.2 Å². The molecule has 1 saturated heterocycles. The number of nitrogens with one attached hydrogen (secondary N) is 1. The van der Waals surface area contributed by atoms with Gasteiger partial charge in [0.15, 0.2) is 16.8 Å². The smallest absolute Gasteiger partial charge is 0.352 e. The Balaban J connectivity index is 1.49. The standard InChI is InChI=1S/C17H19N9O5S4/c1-25-17(21-23-24-25)35-4-7-3-33-14-10(13(28)26(14)11(7)15(29)30)20-12(27)9(22-31-6-32-2)8-5-34-16(18)19-8/h5,10,14H,3-4,6H2,1-2H3,(H2,18,19)(H,20,27)(H,29,30)/b22-9+. The number of amides is 2. The second kappa shape index (κ2) is 10.8. The van der Waals surface area contributed by atoms with E-state index in [1.807, 2.05) is 6.26 Å². The normalized spacial score (nSPS) is 19.9. The minimum atomic E-state index is -1.22. The van der Waals surface area contributed by atoms with Crippen LogP contribution in [-0.4, -0.2) is 93.8 Å². The van der Waals surface area contributed by atoms with Crippen molar-refractivity contribution in [2.45, 2.75) is 16.6 Å². The largest absolute Gasteiger partial charge is 0.477 e. The van der Waals surface area contributed by atoms with Gasteiger partial charge in [0.25, 0.3) is 11.8 Å². The van der Waals surface area contributed by atoms with E-state index in [9.17, 15) is 19.5 Å². The van der Waals surface area contributed by atoms with Crippen LogP contribution in [-0.2, 0) is 26.3 Å². The van der Waals surface area contributed by atoms with E-state index < -0.39 is 29.2 Å². The number of anilines is 1. The third kappa shape index (κ3) is 5.24. The number of nitrogens with two attached hydrogens (primary N) is 1. The van der Waals surface area contributed by atoms with Gasteiger partial charge >= 0.3 is 5.97 Å². The Hall–Kier alpha value is -2.83. The molecule has 2 atom stereocenters. The summed E-state index contributed by atoms with van der Waals surface area (Å²) in [5.41, 5.74) is 6.25. The molecule has 2 amide bonds. The van der Waals surface area contributed by atoms with E-state index in [-0.39, 0.29) is 28.2 Å². The van der Waals surface area contributed by atoms with Crippen molar-refractivity contribution in [1.82, 2.24) is 35.4 Å². The van der Waals surface area contributed by atoms with Gasteiger partial charge in [-0.25, -0.2) is 14.5 Å². The zero-order chi connectivity index (χ0) is 25.1. The monoisotopic (exact) mass is 557 g/mol. The highest BCUT2D eigenvalue weighted by atomic mass is 32.2. The molecule has 186 valence electrons. The number of thioether (sulfide) groups is 3. The Bertz CT molecular complexity index is 1210. The highest BCUT2D eigenvalue weighted by Gasteiger charge is 2.54. The van der Waals surface area contributed by atoms with Crippen LogP contribution >= 0.6 is 46.6 Å². The maximum atomic E-state index is 13.0. The number of rotatable bonds is 10. The molecule has 35 heavy (non-hydrogen) atoms. The van der Waals surface area contributed by atoms with Crippen LogP contribution < -0.4 is 11.1 Å². The van der Waals surface area contributed by atoms with Crippen LogP contribution in [0.4, 0.5) is 5.13 Å². The molecule has 2 unspecified atom stereocenters. The molecule has 4 heterocycles. The lowest BCUT2D eigenvalue weighted by Gasteiger charge is -2.49. The Kier molecular flexibility index (Phi) is 7.82. The number of oxime groups is 1. The molecule has 0 radical (unpaired) electrons. The second-order valence-electron chi connectivity index (χ2n) is 7.04. The number of nitrogens with zero attached hydrogens (tertiary/aromatic N) is 7. The van der Waals surface area contributed by atoms with Gasteiger partial charge in [0.1, 0.15) is 22.8 Å². The molecule has 2 aliphatic rings. The van der Waals surface area contributed by atoms with Crippen molar-refractivity contribution in [3.8, 4) is 0 Å². The second-order valence-corrected chi connectivity index (χ2v) is 10.8. The van der Waals surface area contributed by atoms with Gasteiger partial charge in [0, 0.05) is 23.9 Å². The third-order valence-electron chi connectivity index (χ3n) is 4.80. The number of aryl methyl sites for hydroxylation is 1. The molecule has 2 aliphatic heterocycles. The number of hydrogen-bond donors (Lipinski definition) is 3. The van der Waals surface area contributed by atoms with Crippen LogP contribution in [0, 0.1) is 0 Å². The highest BCUT2D eigenvalue weighted by Crippen LogP contribution is 2.41. The van der Waals surface area contributed by atoms with Crippen LogP contribution in [0.2, 0.25) is 0 Å². The number of aromatic nitrogens is 5. The molecule has 4 rings (SSSR count). The molecular formula is C17H19N9O5S4. The number of thiazole rings is 1. The first-order chi connectivity index (χ1) is 16.8. The molecule has 2 aromatic heterocycles. The Morgan fingerprint density at radius 3 is 2.89 bits per heavy atom. The fourth-order valence-electron chi connectivity index (χ4n) is 3.24. The fraction of sp³-hybridized carbons (Fsp3) is 0.412. The quantitative estimate of drug-likeness (QED) is 0.0871.